The minimum atomic E-state index is 0.544. The Balaban J connectivity index is 1.40. The molecule has 2 atom stereocenters. The highest BCUT2D eigenvalue weighted by Crippen LogP contribution is 2.46. The van der Waals surface area contributed by atoms with Gasteiger partial charge >= 0.3 is 0 Å². The molecule has 4 aromatic carbocycles. The second-order valence-electron chi connectivity index (χ2n) is 9.20. The maximum atomic E-state index is 2.53. The van der Waals surface area contributed by atoms with Crippen molar-refractivity contribution >= 4 is 31.5 Å². The predicted octanol–water partition coefficient (Wildman–Crippen LogP) is 8.21. The molecule has 0 N–H and O–H groups in total. The molecule has 1 heterocycles. The van der Waals surface area contributed by atoms with E-state index >= 15 is 0 Å². The average Bonchev–Trinajstić information content (AvgIpc) is 3.51. The van der Waals surface area contributed by atoms with Crippen molar-refractivity contribution in [3.63, 3.8) is 0 Å². The molecule has 0 saturated carbocycles. The van der Waals surface area contributed by atoms with Crippen LogP contribution < -0.4 is 0 Å². The summed E-state index contributed by atoms with van der Waals surface area (Å²) in [6, 6.07) is 32.2. The van der Waals surface area contributed by atoms with Gasteiger partial charge < -0.3 is 0 Å². The molecule has 0 nitrogen and oxygen atoms in total. The van der Waals surface area contributed by atoms with Crippen LogP contribution in [0.5, 0.6) is 0 Å². The summed E-state index contributed by atoms with van der Waals surface area (Å²) in [5.74, 6) is 1.09. The van der Waals surface area contributed by atoms with Crippen LogP contribution in [0.25, 0.3) is 20.2 Å². The molecule has 0 aliphatic heterocycles. The summed E-state index contributed by atoms with van der Waals surface area (Å²) in [4.78, 5) is 0. The fourth-order valence-corrected chi connectivity index (χ4v) is 7.24. The van der Waals surface area contributed by atoms with Gasteiger partial charge in [0.15, 0.2) is 0 Å². The van der Waals surface area contributed by atoms with E-state index in [0.717, 1.165) is 0 Å². The molecule has 31 heavy (non-hydrogen) atoms. The van der Waals surface area contributed by atoms with E-state index in [0.29, 0.717) is 11.8 Å². The first-order chi connectivity index (χ1) is 15.3. The summed E-state index contributed by atoms with van der Waals surface area (Å²) >= 11 is 1.99. The highest BCUT2D eigenvalue weighted by molar-refractivity contribution is 7.25. The maximum absolute atomic E-state index is 2.53. The third kappa shape index (κ3) is 2.73. The third-order valence-corrected chi connectivity index (χ3v) is 8.67. The van der Waals surface area contributed by atoms with Crippen LogP contribution in [0.2, 0.25) is 0 Å². The van der Waals surface area contributed by atoms with Crippen molar-refractivity contribution in [2.45, 2.75) is 37.5 Å². The molecular formula is C30H24S. The summed E-state index contributed by atoms with van der Waals surface area (Å²) in [6.07, 6.45) is 4.87. The second kappa shape index (κ2) is 6.80. The van der Waals surface area contributed by atoms with E-state index in [4.69, 9.17) is 0 Å². The number of fused-ring (bicyclic) bond motifs is 5. The molecule has 0 amide bonds. The van der Waals surface area contributed by atoms with Crippen LogP contribution in [-0.4, -0.2) is 0 Å². The summed E-state index contributed by atoms with van der Waals surface area (Å²) in [5, 5.41) is 2.92. The number of hydrogen-bond donors (Lipinski definition) is 0. The molecule has 150 valence electrons. The lowest BCUT2D eigenvalue weighted by Gasteiger charge is -2.13. The zero-order chi connectivity index (χ0) is 20.4. The van der Waals surface area contributed by atoms with Crippen LogP contribution in [-0.2, 0) is 12.8 Å². The molecule has 2 aliphatic rings. The first-order valence-corrected chi connectivity index (χ1v) is 12.3. The van der Waals surface area contributed by atoms with Gasteiger partial charge in [-0.05, 0) is 83.3 Å². The van der Waals surface area contributed by atoms with Gasteiger partial charge in [-0.1, -0.05) is 60.7 Å². The van der Waals surface area contributed by atoms with Gasteiger partial charge in [-0.3, -0.25) is 0 Å². The van der Waals surface area contributed by atoms with Gasteiger partial charge in [0.05, 0.1) is 0 Å². The maximum Gasteiger partial charge on any atom is 0.0358 e. The van der Waals surface area contributed by atoms with Gasteiger partial charge in [0.2, 0.25) is 0 Å². The van der Waals surface area contributed by atoms with Gasteiger partial charge in [0.25, 0.3) is 0 Å². The molecule has 7 rings (SSSR count). The Bertz CT molecular complexity index is 1320. The van der Waals surface area contributed by atoms with E-state index in [1.54, 1.807) is 22.3 Å². The number of rotatable bonds is 2. The van der Waals surface area contributed by atoms with Crippen LogP contribution >= 0.6 is 11.3 Å². The fourth-order valence-electron chi connectivity index (χ4n) is 6.04. The number of benzene rings is 4. The molecule has 0 fully saturated rings. The monoisotopic (exact) mass is 416 g/mol. The summed E-state index contributed by atoms with van der Waals surface area (Å²) in [6.45, 7) is 0. The van der Waals surface area contributed by atoms with Gasteiger partial charge in [-0.15, -0.1) is 11.3 Å². The highest BCUT2D eigenvalue weighted by atomic mass is 32.1. The van der Waals surface area contributed by atoms with Crippen LogP contribution in [0.3, 0.4) is 0 Å². The van der Waals surface area contributed by atoms with Crippen LogP contribution in [0.15, 0.2) is 84.9 Å². The Hall–Kier alpha value is -2.90. The van der Waals surface area contributed by atoms with Crippen molar-refractivity contribution in [2.75, 3.05) is 0 Å². The lowest BCUT2D eigenvalue weighted by Crippen LogP contribution is -1.96. The highest BCUT2D eigenvalue weighted by Gasteiger charge is 2.27. The minimum Gasteiger partial charge on any atom is -0.135 e. The lowest BCUT2D eigenvalue weighted by molar-refractivity contribution is 0.788. The average molecular weight is 417 g/mol. The molecule has 0 radical (unpaired) electrons. The van der Waals surface area contributed by atoms with Crippen molar-refractivity contribution in [1.82, 2.24) is 0 Å². The van der Waals surface area contributed by atoms with Gasteiger partial charge in [0, 0.05) is 32.0 Å². The van der Waals surface area contributed by atoms with Crippen LogP contribution in [0, 0.1) is 0 Å². The second-order valence-corrected chi connectivity index (χ2v) is 10.3. The number of aryl methyl sites for hydroxylation is 2. The predicted molar refractivity (Wildman–Crippen MR) is 133 cm³/mol. The van der Waals surface area contributed by atoms with Gasteiger partial charge in [-0.25, -0.2) is 0 Å². The van der Waals surface area contributed by atoms with Gasteiger partial charge in [-0.2, -0.15) is 0 Å². The molecule has 0 bridgehead atoms. The van der Waals surface area contributed by atoms with Crippen molar-refractivity contribution in [2.24, 2.45) is 0 Å². The SMILES string of the molecule is c1ccc(C2CCc3cc4sc5cc6c(cc5c4cc32)C(c2ccccc2)CC6)cc1. The summed E-state index contributed by atoms with van der Waals surface area (Å²) in [5.41, 5.74) is 9.15. The summed E-state index contributed by atoms with van der Waals surface area (Å²) < 4.78 is 2.92. The Morgan fingerprint density at radius 2 is 1.00 bits per heavy atom. The molecule has 5 aromatic rings. The molecule has 1 aromatic heterocycles. The molecule has 2 unspecified atom stereocenters. The first kappa shape index (κ1) is 17.7. The number of thiophene rings is 1. The van der Waals surface area contributed by atoms with E-state index in [1.165, 1.54) is 57.0 Å². The molecule has 0 spiro atoms. The largest absolute Gasteiger partial charge is 0.135 e. The zero-order valence-electron chi connectivity index (χ0n) is 17.5. The Morgan fingerprint density at radius 3 is 1.45 bits per heavy atom. The van der Waals surface area contributed by atoms with E-state index < -0.39 is 0 Å². The Morgan fingerprint density at radius 1 is 0.548 bits per heavy atom. The number of hydrogen-bond acceptors (Lipinski definition) is 1. The standard InChI is InChI=1S/C30H24S/c1-3-7-19(8-4-1)23-13-11-21-15-29-27(17-25(21)23)28-18-26-22(16-30(28)31-29)12-14-24(26)20-9-5-2-6-10-20/h1-10,15-18,23-24H,11-14H2. The van der Waals surface area contributed by atoms with E-state index in [9.17, 15) is 0 Å². The van der Waals surface area contributed by atoms with Crippen molar-refractivity contribution in [3.05, 3.63) is 118 Å². The molecule has 1 heteroatoms. The molecular weight excluding hydrogens is 392 g/mol. The van der Waals surface area contributed by atoms with Crippen molar-refractivity contribution in [3.8, 4) is 0 Å². The minimum absolute atomic E-state index is 0.544. The smallest absolute Gasteiger partial charge is 0.0358 e. The summed E-state index contributed by atoms with van der Waals surface area (Å²) in [7, 11) is 0. The van der Waals surface area contributed by atoms with Gasteiger partial charge in [0.1, 0.15) is 0 Å². The quantitative estimate of drug-likeness (QED) is 0.272. The fraction of sp³-hybridized carbons (Fsp3) is 0.200. The normalized spacial score (nSPS) is 19.7. The molecule has 0 saturated heterocycles. The topological polar surface area (TPSA) is 0 Å². The van der Waals surface area contributed by atoms with E-state index in [2.05, 4.69) is 84.9 Å². The van der Waals surface area contributed by atoms with Crippen molar-refractivity contribution in [1.29, 1.82) is 0 Å². The lowest BCUT2D eigenvalue weighted by atomic mass is 9.90. The van der Waals surface area contributed by atoms with E-state index in [1.807, 2.05) is 11.3 Å². The van der Waals surface area contributed by atoms with E-state index in [-0.39, 0.29) is 0 Å². The molecule has 2 aliphatic carbocycles. The zero-order valence-corrected chi connectivity index (χ0v) is 18.3. The van der Waals surface area contributed by atoms with Crippen LogP contribution in [0.4, 0.5) is 0 Å². The van der Waals surface area contributed by atoms with Crippen molar-refractivity contribution < 1.29 is 0 Å². The Labute approximate surface area is 187 Å². The van der Waals surface area contributed by atoms with Crippen LogP contribution in [0.1, 0.15) is 58.1 Å². The Kier molecular flexibility index (Phi) is 3.89. The third-order valence-electron chi connectivity index (χ3n) is 7.55. The first-order valence-electron chi connectivity index (χ1n) is 11.5.